The van der Waals surface area contributed by atoms with Gasteiger partial charge in [-0.05, 0) is 12.1 Å². The molecule has 1 N–H and O–H groups in total. The van der Waals surface area contributed by atoms with Crippen LogP contribution in [0.3, 0.4) is 0 Å². The van der Waals surface area contributed by atoms with E-state index in [1.807, 2.05) is 12.1 Å². The zero-order valence-corrected chi connectivity index (χ0v) is 12.2. The Bertz CT molecular complexity index is 592. The number of aromatic nitrogens is 3. The number of halogens is 1. The molecule has 1 unspecified atom stereocenters. The summed E-state index contributed by atoms with van der Waals surface area (Å²) in [6.07, 6.45) is 4.98. The smallest absolute Gasteiger partial charge is 0.161 e. The van der Waals surface area contributed by atoms with Crippen molar-refractivity contribution in [1.29, 1.82) is 0 Å². The summed E-state index contributed by atoms with van der Waals surface area (Å²) >= 11 is 7.49. The van der Waals surface area contributed by atoms with Crippen LogP contribution in [0, 0.1) is 0 Å². The lowest BCUT2D eigenvalue weighted by Gasteiger charge is -2.23. The molecule has 1 saturated heterocycles. The second-order valence-corrected chi connectivity index (χ2v) is 5.65. The fraction of sp³-hybridized carbons (Fsp3) is 0.308. The first kappa shape index (κ1) is 13.8. The molecule has 0 amide bonds. The van der Waals surface area contributed by atoms with Gasteiger partial charge in [-0.2, -0.15) is 0 Å². The van der Waals surface area contributed by atoms with E-state index in [1.54, 1.807) is 18.6 Å². The highest BCUT2D eigenvalue weighted by Crippen LogP contribution is 2.31. The van der Waals surface area contributed by atoms with Gasteiger partial charge in [0.1, 0.15) is 11.1 Å². The van der Waals surface area contributed by atoms with Gasteiger partial charge in [0.25, 0.3) is 0 Å². The first-order valence-corrected chi connectivity index (χ1v) is 7.45. The predicted molar refractivity (Wildman–Crippen MR) is 77.0 cm³/mol. The van der Waals surface area contributed by atoms with Gasteiger partial charge in [-0.25, -0.2) is 9.97 Å². The van der Waals surface area contributed by atoms with E-state index in [0.29, 0.717) is 16.8 Å². The highest BCUT2D eigenvalue weighted by molar-refractivity contribution is 7.99. The maximum Gasteiger partial charge on any atom is 0.161 e. The fourth-order valence-electron chi connectivity index (χ4n) is 1.91. The third kappa shape index (κ3) is 3.27. The zero-order valence-electron chi connectivity index (χ0n) is 10.6. The molecule has 1 aliphatic rings. The van der Waals surface area contributed by atoms with Gasteiger partial charge in [0, 0.05) is 36.6 Å². The van der Waals surface area contributed by atoms with Crippen molar-refractivity contribution in [3.05, 3.63) is 41.6 Å². The first-order valence-electron chi connectivity index (χ1n) is 6.25. The van der Waals surface area contributed by atoms with E-state index >= 15 is 0 Å². The SMILES string of the molecule is Clc1nccnc1Sc1ccnc(C2CNCCO2)c1. The summed E-state index contributed by atoms with van der Waals surface area (Å²) in [5.74, 6) is 0. The van der Waals surface area contributed by atoms with Crippen LogP contribution in [0.2, 0.25) is 5.15 Å². The first-order chi connectivity index (χ1) is 9.83. The van der Waals surface area contributed by atoms with Crippen molar-refractivity contribution in [2.45, 2.75) is 16.0 Å². The van der Waals surface area contributed by atoms with Gasteiger partial charge in [-0.3, -0.25) is 4.98 Å². The molecule has 5 nitrogen and oxygen atoms in total. The Labute approximate surface area is 126 Å². The van der Waals surface area contributed by atoms with Gasteiger partial charge >= 0.3 is 0 Å². The molecule has 3 rings (SSSR count). The van der Waals surface area contributed by atoms with E-state index in [2.05, 4.69) is 20.3 Å². The average molecular weight is 309 g/mol. The Kier molecular flexibility index (Phi) is 4.47. The van der Waals surface area contributed by atoms with Gasteiger partial charge in [-0.15, -0.1) is 0 Å². The van der Waals surface area contributed by atoms with Crippen LogP contribution in [0.1, 0.15) is 11.8 Å². The molecule has 1 fully saturated rings. The van der Waals surface area contributed by atoms with Crippen LogP contribution >= 0.6 is 23.4 Å². The zero-order chi connectivity index (χ0) is 13.8. The Morgan fingerprint density at radius 1 is 1.25 bits per heavy atom. The highest BCUT2D eigenvalue weighted by atomic mass is 35.5. The maximum atomic E-state index is 6.02. The molecule has 0 spiro atoms. The van der Waals surface area contributed by atoms with Crippen molar-refractivity contribution < 1.29 is 4.74 Å². The van der Waals surface area contributed by atoms with Crippen molar-refractivity contribution >= 4 is 23.4 Å². The van der Waals surface area contributed by atoms with Crippen molar-refractivity contribution in [3.8, 4) is 0 Å². The summed E-state index contributed by atoms with van der Waals surface area (Å²) in [5.41, 5.74) is 0.919. The van der Waals surface area contributed by atoms with E-state index in [0.717, 1.165) is 23.7 Å². The Morgan fingerprint density at radius 3 is 2.95 bits per heavy atom. The van der Waals surface area contributed by atoms with Crippen LogP contribution in [0.5, 0.6) is 0 Å². The summed E-state index contributed by atoms with van der Waals surface area (Å²) in [5, 5.41) is 4.39. The molecule has 0 aliphatic carbocycles. The molecule has 20 heavy (non-hydrogen) atoms. The van der Waals surface area contributed by atoms with E-state index in [-0.39, 0.29) is 6.10 Å². The number of nitrogens with zero attached hydrogens (tertiary/aromatic N) is 3. The summed E-state index contributed by atoms with van der Waals surface area (Å²) in [7, 11) is 0. The molecule has 0 radical (unpaired) electrons. The number of hydrogen-bond acceptors (Lipinski definition) is 6. The minimum atomic E-state index is 0.00151. The molecular weight excluding hydrogens is 296 g/mol. The molecular formula is C13H13ClN4OS. The summed E-state index contributed by atoms with van der Waals surface area (Å²) in [4.78, 5) is 13.6. The number of ether oxygens (including phenoxy) is 1. The third-order valence-electron chi connectivity index (χ3n) is 2.85. The molecule has 3 heterocycles. The molecule has 2 aromatic heterocycles. The minimum absolute atomic E-state index is 0.00151. The summed E-state index contributed by atoms with van der Waals surface area (Å²) in [6.45, 7) is 2.38. The lowest BCUT2D eigenvalue weighted by atomic mass is 10.2. The number of rotatable bonds is 3. The van der Waals surface area contributed by atoms with Gasteiger partial charge in [0.2, 0.25) is 0 Å². The summed E-state index contributed by atoms with van der Waals surface area (Å²) < 4.78 is 5.70. The van der Waals surface area contributed by atoms with Crippen molar-refractivity contribution in [2.24, 2.45) is 0 Å². The third-order valence-corrected chi connectivity index (χ3v) is 4.22. The molecule has 1 aliphatic heterocycles. The molecule has 2 aromatic rings. The van der Waals surface area contributed by atoms with Crippen LogP contribution in [0.25, 0.3) is 0 Å². The largest absolute Gasteiger partial charge is 0.369 e. The van der Waals surface area contributed by atoms with Crippen molar-refractivity contribution in [3.63, 3.8) is 0 Å². The number of morpholine rings is 1. The quantitative estimate of drug-likeness (QED) is 0.939. The minimum Gasteiger partial charge on any atom is -0.369 e. The topological polar surface area (TPSA) is 59.9 Å². The van der Waals surface area contributed by atoms with E-state index in [4.69, 9.17) is 16.3 Å². The standard InChI is InChI=1S/C13H13ClN4OS/c14-12-13(18-4-3-17-12)20-9-1-2-16-10(7-9)11-8-15-5-6-19-11/h1-4,7,11,15H,5-6,8H2. The molecule has 0 bridgehead atoms. The van der Waals surface area contributed by atoms with Crippen LogP contribution in [0.15, 0.2) is 40.6 Å². The Hall–Kier alpha value is -1.21. The number of pyridine rings is 1. The van der Waals surface area contributed by atoms with E-state index < -0.39 is 0 Å². The number of hydrogen-bond donors (Lipinski definition) is 1. The van der Waals surface area contributed by atoms with E-state index in [1.165, 1.54) is 11.8 Å². The van der Waals surface area contributed by atoms with Crippen LogP contribution in [0.4, 0.5) is 0 Å². The van der Waals surface area contributed by atoms with Crippen molar-refractivity contribution in [1.82, 2.24) is 20.3 Å². The van der Waals surface area contributed by atoms with Gasteiger partial charge in [0.05, 0.1) is 12.3 Å². The highest BCUT2D eigenvalue weighted by Gasteiger charge is 2.17. The second-order valence-electron chi connectivity index (χ2n) is 4.23. The monoisotopic (exact) mass is 308 g/mol. The summed E-state index contributed by atoms with van der Waals surface area (Å²) in [6, 6.07) is 3.93. The Balaban J connectivity index is 1.79. The average Bonchev–Trinajstić information content (AvgIpc) is 2.51. The van der Waals surface area contributed by atoms with Crippen LogP contribution < -0.4 is 5.32 Å². The normalized spacial score (nSPS) is 18.9. The van der Waals surface area contributed by atoms with Crippen LogP contribution in [-0.2, 0) is 4.74 Å². The number of nitrogens with one attached hydrogen (secondary N) is 1. The second kappa shape index (κ2) is 6.49. The predicted octanol–water partition coefficient (Wildman–Crippen LogP) is 2.34. The van der Waals surface area contributed by atoms with Crippen LogP contribution in [-0.4, -0.2) is 34.6 Å². The van der Waals surface area contributed by atoms with Gasteiger partial charge in [0.15, 0.2) is 5.15 Å². The van der Waals surface area contributed by atoms with Gasteiger partial charge in [-0.1, -0.05) is 23.4 Å². The maximum absolute atomic E-state index is 6.02. The van der Waals surface area contributed by atoms with Crippen molar-refractivity contribution in [2.75, 3.05) is 19.7 Å². The molecule has 7 heteroatoms. The Morgan fingerprint density at radius 2 is 2.15 bits per heavy atom. The van der Waals surface area contributed by atoms with Gasteiger partial charge < -0.3 is 10.1 Å². The molecule has 0 aromatic carbocycles. The lowest BCUT2D eigenvalue weighted by Crippen LogP contribution is -2.33. The fourth-order valence-corrected chi connectivity index (χ4v) is 2.91. The molecule has 104 valence electrons. The van der Waals surface area contributed by atoms with E-state index in [9.17, 15) is 0 Å². The lowest BCUT2D eigenvalue weighted by molar-refractivity contribution is 0.0249. The molecule has 0 saturated carbocycles. The molecule has 1 atom stereocenters.